The Hall–Kier alpha value is -3.88. The molecule has 4 rings (SSSR count). The topological polar surface area (TPSA) is 123 Å². The quantitative estimate of drug-likeness (QED) is 0.536. The van der Waals surface area contributed by atoms with Gasteiger partial charge in [0.15, 0.2) is 5.65 Å². The van der Waals surface area contributed by atoms with E-state index in [1.165, 1.54) is 15.7 Å². The number of aromatic nitrogens is 4. The van der Waals surface area contributed by atoms with Crippen LogP contribution in [0.4, 0.5) is 0 Å². The van der Waals surface area contributed by atoms with Crippen LogP contribution in [0.5, 0.6) is 0 Å². The maximum Gasteiger partial charge on any atom is 0.307 e. The Morgan fingerprint density at radius 3 is 2.42 bits per heavy atom. The number of hydrazine groups is 1. The predicted molar refractivity (Wildman–Crippen MR) is 133 cm³/mol. The van der Waals surface area contributed by atoms with Crippen molar-refractivity contribution in [3.63, 3.8) is 0 Å². The number of nitrogens with one attached hydrogen (secondary N) is 1. The number of likely N-dealkylation sites (N-methyl/N-ethyl adjacent to an activating group) is 1. The summed E-state index contributed by atoms with van der Waals surface area (Å²) in [6, 6.07) is 10.9. The smallest absolute Gasteiger partial charge is 0.304 e. The van der Waals surface area contributed by atoms with Crippen molar-refractivity contribution < 1.29 is 9.59 Å². The van der Waals surface area contributed by atoms with Gasteiger partial charge in [0.25, 0.3) is 5.91 Å². The molecule has 0 atom stereocenters. The van der Waals surface area contributed by atoms with Gasteiger partial charge in [-0.05, 0) is 30.2 Å². The third-order valence-corrected chi connectivity index (χ3v) is 5.88. The van der Waals surface area contributed by atoms with E-state index >= 15 is 0 Å². The van der Waals surface area contributed by atoms with Crippen molar-refractivity contribution >= 4 is 17.5 Å². The van der Waals surface area contributed by atoms with Gasteiger partial charge in [-0.2, -0.15) is 24.8 Å². The van der Waals surface area contributed by atoms with Gasteiger partial charge in [-0.15, -0.1) is 0 Å². The molecule has 11 nitrogen and oxygen atoms in total. The molecule has 3 heterocycles. The zero-order valence-electron chi connectivity index (χ0n) is 21.1. The number of piperazine rings is 1. The molecular weight excluding hydrogens is 458 g/mol. The minimum absolute atomic E-state index is 0.129. The Balaban J connectivity index is 1.52. The Kier molecular flexibility index (Phi) is 7.28. The fourth-order valence-electron chi connectivity index (χ4n) is 4.00. The Morgan fingerprint density at radius 2 is 1.78 bits per heavy atom. The van der Waals surface area contributed by atoms with E-state index in [9.17, 15) is 14.9 Å². The molecular formula is C25H31N9O2. The molecule has 0 spiro atoms. The van der Waals surface area contributed by atoms with Crippen LogP contribution in [0.2, 0.25) is 0 Å². The summed E-state index contributed by atoms with van der Waals surface area (Å²) in [6.07, 6.45) is 1.46. The number of rotatable bonds is 5. The summed E-state index contributed by atoms with van der Waals surface area (Å²) in [5, 5.41) is 14.6. The third-order valence-electron chi connectivity index (χ3n) is 5.88. The van der Waals surface area contributed by atoms with Crippen LogP contribution in [-0.4, -0.2) is 86.0 Å². The van der Waals surface area contributed by atoms with E-state index in [0.717, 1.165) is 38.3 Å². The van der Waals surface area contributed by atoms with Gasteiger partial charge in [0.05, 0.1) is 6.20 Å². The van der Waals surface area contributed by atoms with Crippen molar-refractivity contribution in [2.75, 3.05) is 39.8 Å². The molecule has 0 bridgehead atoms. The fraction of sp³-hybridized carbons (Fsp3) is 0.440. The second kappa shape index (κ2) is 10.4. The number of carbonyl (C=O) groups excluding carboxylic acids is 2. The fourth-order valence-corrected chi connectivity index (χ4v) is 4.00. The summed E-state index contributed by atoms with van der Waals surface area (Å²) >= 11 is 0. The van der Waals surface area contributed by atoms with Gasteiger partial charge in [0.2, 0.25) is 11.6 Å². The first-order chi connectivity index (χ1) is 17.1. The molecule has 188 valence electrons. The largest absolute Gasteiger partial charge is 0.307 e. The van der Waals surface area contributed by atoms with Crippen molar-refractivity contribution in [1.29, 1.82) is 5.26 Å². The first-order valence-corrected chi connectivity index (χ1v) is 11.9. The van der Waals surface area contributed by atoms with Gasteiger partial charge in [-0.1, -0.05) is 32.9 Å². The van der Waals surface area contributed by atoms with Gasteiger partial charge < -0.3 is 4.90 Å². The van der Waals surface area contributed by atoms with Gasteiger partial charge in [0, 0.05) is 50.9 Å². The zero-order chi connectivity index (χ0) is 25.9. The number of fused-ring (bicyclic) bond motifs is 1. The number of nitriles is 1. The molecule has 0 radical (unpaired) electrons. The highest BCUT2D eigenvalue weighted by Gasteiger charge is 2.26. The van der Waals surface area contributed by atoms with E-state index < -0.39 is 5.91 Å². The SMILES string of the molecule is CN1CCN(Cc2ccc(C(=O)N(CC(C)(C)C)NC(=O)c3nc(C#N)nc4ccnn34)cc2)CC1. The molecule has 1 N–H and O–H groups in total. The van der Waals surface area contributed by atoms with Gasteiger partial charge in [-0.3, -0.25) is 19.9 Å². The Morgan fingerprint density at radius 1 is 1.08 bits per heavy atom. The number of carbonyl (C=O) groups is 2. The normalized spacial score (nSPS) is 15.0. The second-order valence-corrected chi connectivity index (χ2v) is 10.3. The standard InChI is InChI=1S/C25H31N9O2/c1-25(2,3)17-33(30-23(35)22-29-20(15-26)28-21-9-10-27-34(21)22)24(36)19-7-5-18(6-8-19)16-32-13-11-31(4)12-14-32/h5-10H,11-14,16-17H2,1-4H3,(H,30,35). The monoisotopic (exact) mass is 489 g/mol. The van der Waals surface area contributed by atoms with Crippen LogP contribution in [0.3, 0.4) is 0 Å². The number of benzene rings is 1. The van der Waals surface area contributed by atoms with Crippen molar-refractivity contribution in [1.82, 2.24) is 39.8 Å². The van der Waals surface area contributed by atoms with E-state index in [1.807, 2.05) is 39.0 Å². The van der Waals surface area contributed by atoms with Gasteiger partial charge in [0.1, 0.15) is 6.07 Å². The first-order valence-electron chi connectivity index (χ1n) is 11.9. The van der Waals surface area contributed by atoms with E-state index in [0.29, 0.717) is 11.2 Å². The van der Waals surface area contributed by atoms with E-state index in [4.69, 9.17) is 0 Å². The van der Waals surface area contributed by atoms with Gasteiger partial charge >= 0.3 is 5.91 Å². The van der Waals surface area contributed by atoms with Gasteiger partial charge in [-0.25, -0.2) is 5.01 Å². The lowest BCUT2D eigenvalue weighted by Gasteiger charge is -2.32. The lowest BCUT2D eigenvalue weighted by molar-refractivity contribution is 0.0504. The highest BCUT2D eigenvalue weighted by Crippen LogP contribution is 2.17. The number of hydrogen-bond acceptors (Lipinski definition) is 8. The van der Waals surface area contributed by atoms with E-state index in [2.05, 4.69) is 37.3 Å². The highest BCUT2D eigenvalue weighted by molar-refractivity contribution is 5.98. The molecule has 1 aliphatic heterocycles. The van der Waals surface area contributed by atoms with Crippen molar-refractivity contribution in [2.45, 2.75) is 27.3 Å². The van der Waals surface area contributed by atoms with Crippen molar-refractivity contribution in [3.05, 3.63) is 59.3 Å². The molecule has 0 aliphatic carbocycles. The maximum atomic E-state index is 13.5. The summed E-state index contributed by atoms with van der Waals surface area (Å²) in [6.45, 7) is 11.1. The van der Waals surface area contributed by atoms with E-state index in [-0.39, 0.29) is 29.5 Å². The van der Waals surface area contributed by atoms with Crippen LogP contribution in [0.15, 0.2) is 36.5 Å². The predicted octanol–water partition coefficient (Wildman–Crippen LogP) is 1.58. The van der Waals surface area contributed by atoms with Crippen molar-refractivity contribution in [3.8, 4) is 6.07 Å². The lowest BCUT2D eigenvalue weighted by atomic mass is 9.96. The lowest BCUT2D eigenvalue weighted by Crippen LogP contribution is -2.50. The molecule has 1 aromatic carbocycles. The molecule has 1 fully saturated rings. The third kappa shape index (κ3) is 6.02. The summed E-state index contributed by atoms with van der Waals surface area (Å²) in [5.41, 5.74) is 4.29. The molecule has 36 heavy (non-hydrogen) atoms. The molecule has 1 saturated heterocycles. The van der Waals surface area contributed by atoms with Crippen LogP contribution in [0.25, 0.3) is 5.65 Å². The van der Waals surface area contributed by atoms with Crippen LogP contribution in [0.1, 0.15) is 53.1 Å². The minimum Gasteiger partial charge on any atom is -0.304 e. The Labute approximate surface area is 210 Å². The Bertz CT molecular complexity index is 1280. The van der Waals surface area contributed by atoms with E-state index in [1.54, 1.807) is 18.2 Å². The van der Waals surface area contributed by atoms with Crippen LogP contribution in [0, 0.1) is 16.7 Å². The molecule has 1 aliphatic rings. The maximum absolute atomic E-state index is 13.5. The summed E-state index contributed by atoms with van der Waals surface area (Å²) in [5.74, 6) is -1.28. The summed E-state index contributed by atoms with van der Waals surface area (Å²) in [4.78, 5) is 39.4. The summed E-state index contributed by atoms with van der Waals surface area (Å²) < 4.78 is 1.24. The average Bonchev–Trinajstić information content (AvgIpc) is 3.32. The molecule has 0 unspecified atom stereocenters. The minimum atomic E-state index is -0.660. The van der Waals surface area contributed by atoms with Crippen LogP contribution >= 0.6 is 0 Å². The molecule has 11 heteroatoms. The first kappa shape index (κ1) is 25.2. The summed E-state index contributed by atoms with van der Waals surface area (Å²) in [7, 11) is 2.13. The molecule has 0 saturated carbocycles. The second-order valence-electron chi connectivity index (χ2n) is 10.3. The van der Waals surface area contributed by atoms with Crippen molar-refractivity contribution in [2.24, 2.45) is 5.41 Å². The molecule has 2 aromatic heterocycles. The molecule has 2 amide bonds. The van der Waals surface area contributed by atoms with Crippen LogP contribution in [-0.2, 0) is 6.54 Å². The zero-order valence-corrected chi connectivity index (χ0v) is 21.1. The average molecular weight is 490 g/mol. The molecule has 3 aromatic rings. The highest BCUT2D eigenvalue weighted by atomic mass is 16.2. The number of amides is 2. The number of hydrogen-bond donors (Lipinski definition) is 1. The van der Waals surface area contributed by atoms with Crippen LogP contribution < -0.4 is 5.43 Å². The number of nitrogens with zero attached hydrogens (tertiary/aromatic N) is 8.